The van der Waals surface area contributed by atoms with Crippen LogP contribution < -0.4 is 14.2 Å². The number of likely N-dealkylation sites (N-methyl/N-ethyl adjacent to an activating group) is 1. The number of carbonyl (C=O) groups excluding carboxylic acids is 1. The number of hydrogen-bond acceptors (Lipinski definition) is 7. The van der Waals surface area contributed by atoms with Crippen molar-refractivity contribution in [3.63, 3.8) is 0 Å². The van der Waals surface area contributed by atoms with Crippen molar-refractivity contribution >= 4 is 16.7 Å². The normalized spacial score (nSPS) is 10.7. The lowest BCUT2D eigenvalue weighted by Gasteiger charge is -2.16. The Kier molecular flexibility index (Phi) is 6.21. The maximum absolute atomic E-state index is 12.6. The fraction of sp³-hybridized carbons (Fsp3) is 0.208. The van der Waals surface area contributed by atoms with Gasteiger partial charge in [-0.05, 0) is 29.7 Å². The molecule has 8 nitrogen and oxygen atoms in total. The maximum atomic E-state index is 12.6. The van der Waals surface area contributed by atoms with Crippen molar-refractivity contribution in [2.75, 3.05) is 27.9 Å². The minimum Gasteiger partial charge on any atom is -0.493 e. The van der Waals surface area contributed by atoms with Gasteiger partial charge in [-0.1, -0.05) is 41.6 Å². The average molecular weight is 433 g/mol. The average Bonchev–Trinajstić information content (AvgIpc) is 3.30. The quantitative estimate of drug-likeness (QED) is 0.416. The molecule has 1 heterocycles. The van der Waals surface area contributed by atoms with Gasteiger partial charge >= 0.3 is 0 Å². The van der Waals surface area contributed by atoms with E-state index >= 15 is 0 Å². The van der Waals surface area contributed by atoms with Crippen molar-refractivity contribution in [2.45, 2.75) is 6.54 Å². The van der Waals surface area contributed by atoms with E-state index in [0.717, 1.165) is 10.8 Å². The van der Waals surface area contributed by atoms with Crippen molar-refractivity contribution in [1.82, 2.24) is 15.0 Å². The highest BCUT2D eigenvalue weighted by Gasteiger charge is 2.17. The Bertz CT molecular complexity index is 1230. The van der Waals surface area contributed by atoms with Gasteiger partial charge in [0.15, 0.2) is 18.1 Å². The minimum absolute atomic E-state index is 0.0961. The number of hydrogen-bond donors (Lipinski definition) is 0. The zero-order valence-electron chi connectivity index (χ0n) is 18.1. The van der Waals surface area contributed by atoms with E-state index in [9.17, 15) is 4.79 Å². The number of benzene rings is 3. The predicted octanol–water partition coefficient (Wildman–Crippen LogP) is 3.94. The fourth-order valence-corrected chi connectivity index (χ4v) is 3.27. The summed E-state index contributed by atoms with van der Waals surface area (Å²) >= 11 is 0. The lowest BCUT2D eigenvalue weighted by atomic mass is 10.1. The summed E-state index contributed by atoms with van der Waals surface area (Å²) in [7, 11) is 4.79. The molecule has 8 heteroatoms. The van der Waals surface area contributed by atoms with E-state index in [1.807, 2.05) is 48.5 Å². The molecule has 0 saturated carbocycles. The molecule has 0 radical (unpaired) electrons. The van der Waals surface area contributed by atoms with Crippen LogP contribution in [0.2, 0.25) is 0 Å². The molecule has 0 unspecified atom stereocenters. The monoisotopic (exact) mass is 433 g/mol. The minimum atomic E-state index is -0.205. The second-order valence-corrected chi connectivity index (χ2v) is 7.10. The summed E-state index contributed by atoms with van der Waals surface area (Å²) in [5, 5.41) is 6.02. The Labute approximate surface area is 185 Å². The van der Waals surface area contributed by atoms with Crippen LogP contribution in [-0.2, 0) is 11.3 Å². The van der Waals surface area contributed by atoms with Crippen molar-refractivity contribution in [2.24, 2.45) is 0 Å². The number of rotatable bonds is 8. The molecule has 164 valence electrons. The van der Waals surface area contributed by atoms with Crippen molar-refractivity contribution < 1.29 is 23.5 Å². The van der Waals surface area contributed by atoms with Crippen molar-refractivity contribution in [3.8, 4) is 28.6 Å². The summed E-state index contributed by atoms with van der Waals surface area (Å²) < 4.78 is 21.7. The molecular formula is C24H23N3O5. The van der Waals surface area contributed by atoms with Gasteiger partial charge in [0.05, 0.1) is 20.8 Å². The molecule has 1 amide bonds. The Morgan fingerprint density at radius 1 is 0.969 bits per heavy atom. The topological polar surface area (TPSA) is 86.9 Å². The van der Waals surface area contributed by atoms with Gasteiger partial charge in [0.1, 0.15) is 5.75 Å². The second-order valence-electron chi connectivity index (χ2n) is 7.10. The third kappa shape index (κ3) is 4.49. The van der Waals surface area contributed by atoms with Crippen LogP contribution in [0.3, 0.4) is 0 Å². The third-order valence-electron chi connectivity index (χ3n) is 5.01. The Morgan fingerprint density at radius 3 is 2.56 bits per heavy atom. The summed E-state index contributed by atoms with van der Waals surface area (Å²) in [4.78, 5) is 18.4. The number of methoxy groups -OCH3 is 2. The molecule has 0 N–H and O–H groups in total. The Balaban J connectivity index is 1.39. The first-order valence-electron chi connectivity index (χ1n) is 9.98. The summed E-state index contributed by atoms with van der Waals surface area (Å²) in [6.45, 7) is 0.0687. The molecule has 0 spiro atoms. The van der Waals surface area contributed by atoms with Crippen LogP contribution in [0, 0.1) is 0 Å². The molecule has 0 bridgehead atoms. The van der Waals surface area contributed by atoms with Crippen LogP contribution in [0.5, 0.6) is 17.2 Å². The van der Waals surface area contributed by atoms with E-state index in [1.54, 1.807) is 33.4 Å². The molecule has 0 aliphatic carbocycles. The van der Waals surface area contributed by atoms with Crippen LogP contribution in [-0.4, -0.2) is 48.8 Å². The highest BCUT2D eigenvalue weighted by molar-refractivity contribution is 5.88. The van der Waals surface area contributed by atoms with E-state index in [1.165, 1.54) is 4.90 Å². The molecule has 1 aromatic heterocycles. The van der Waals surface area contributed by atoms with Crippen molar-refractivity contribution in [1.29, 1.82) is 0 Å². The molecule has 0 aliphatic heterocycles. The van der Waals surface area contributed by atoms with Crippen LogP contribution in [0.15, 0.2) is 65.2 Å². The SMILES string of the molecule is COc1ccc(-c2noc(CN(C)C(=O)COc3cccc4ccccc34)n2)cc1OC. The van der Waals surface area contributed by atoms with Crippen LogP contribution in [0.25, 0.3) is 22.2 Å². The third-order valence-corrected chi connectivity index (χ3v) is 5.01. The lowest BCUT2D eigenvalue weighted by Crippen LogP contribution is -2.31. The van der Waals surface area contributed by atoms with Gasteiger partial charge in [0.25, 0.3) is 5.91 Å². The van der Waals surface area contributed by atoms with Crippen LogP contribution >= 0.6 is 0 Å². The van der Waals surface area contributed by atoms with Crippen molar-refractivity contribution in [3.05, 3.63) is 66.6 Å². The maximum Gasteiger partial charge on any atom is 0.260 e. The van der Waals surface area contributed by atoms with Gasteiger partial charge in [-0.15, -0.1) is 0 Å². The van der Waals surface area contributed by atoms with Gasteiger partial charge in [-0.3, -0.25) is 4.79 Å². The number of aromatic nitrogens is 2. The first-order chi connectivity index (χ1) is 15.6. The molecule has 4 aromatic rings. The number of fused-ring (bicyclic) bond motifs is 1. The molecule has 0 atom stereocenters. The summed E-state index contributed by atoms with van der Waals surface area (Å²) in [6.07, 6.45) is 0. The highest BCUT2D eigenvalue weighted by atomic mass is 16.5. The molecule has 0 aliphatic rings. The largest absolute Gasteiger partial charge is 0.493 e. The predicted molar refractivity (Wildman–Crippen MR) is 119 cm³/mol. The molecule has 32 heavy (non-hydrogen) atoms. The number of carbonyl (C=O) groups is 1. The number of amides is 1. The first kappa shape index (κ1) is 21.2. The second kappa shape index (κ2) is 9.38. The first-order valence-corrected chi connectivity index (χ1v) is 9.98. The van der Waals surface area contributed by atoms with E-state index in [0.29, 0.717) is 34.5 Å². The summed E-state index contributed by atoms with van der Waals surface area (Å²) in [6, 6.07) is 19.0. The molecule has 0 saturated heterocycles. The van der Waals surface area contributed by atoms with Gasteiger partial charge in [-0.25, -0.2) is 0 Å². The van der Waals surface area contributed by atoms with Crippen LogP contribution in [0.4, 0.5) is 0 Å². The number of nitrogens with zero attached hydrogens (tertiary/aromatic N) is 3. The summed E-state index contributed by atoms with van der Waals surface area (Å²) in [5.41, 5.74) is 0.714. The zero-order chi connectivity index (χ0) is 22.5. The Hall–Kier alpha value is -4.07. The zero-order valence-corrected chi connectivity index (χ0v) is 18.1. The van der Waals surface area contributed by atoms with Crippen LogP contribution in [0.1, 0.15) is 5.89 Å². The molecular weight excluding hydrogens is 410 g/mol. The molecule has 3 aromatic carbocycles. The number of ether oxygens (including phenoxy) is 3. The van der Waals surface area contributed by atoms with E-state index in [2.05, 4.69) is 10.1 Å². The molecule has 0 fully saturated rings. The van der Waals surface area contributed by atoms with Gasteiger partial charge in [0.2, 0.25) is 11.7 Å². The highest BCUT2D eigenvalue weighted by Crippen LogP contribution is 2.31. The Morgan fingerprint density at radius 2 is 1.75 bits per heavy atom. The smallest absolute Gasteiger partial charge is 0.260 e. The lowest BCUT2D eigenvalue weighted by molar-refractivity contribution is -0.132. The molecule has 4 rings (SSSR count). The standard InChI is InChI=1S/C24H23N3O5/c1-27(23(28)15-31-19-10-6-8-16-7-4-5-9-18(16)19)14-22-25-24(26-32-22)17-11-12-20(29-2)21(13-17)30-3/h4-13H,14-15H2,1-3H3. The van der Waals surface area contributed by atoms with E-state index in [-0.39, 0.29) is 19.1 Å². The van der Waals surface area contributed by atoms with E-state index in [4.69, 9.17) is 18.7 Å². The summed E-state index contributed by atoms with van der Waals surface area (Å²) in [5.74, 6) is 2.34. The van der Waals surface area contributed by atoms with Gasteiger partial charge in [0, 0.05) is 18.0 Å². The van der Waals surface area contributed by atoms with Gasteiger partial charge in [-0.2, -0.15) is 4.98 Å². The fourth-order valence-electron chi connectivity index (χ4n) is 3.27. The van der Waals surface area contributed by atoms with E-state index < -0.39 is 0 Å². The van der Waals surface area contributed by atoms with Gasteiger partial charge < -0.3 is 23.6 Å².